The molecule has 0 bridgehead atoms. The Balaban J connectivity index is 1.93. The first kappa shape index (κ1) is 12.3. The van der Waals surface area contributed by atoms with Gasteiger partial charge in [-0.25, -0.2) is 4.98 Å². The Hall–Kier alpha value is -1.69. The van der Waals surface area contributed by atoms with Gasteiger partial charge in [-0.2, -0.15) is 0 Å². The van der Waals surface area contributed by atoms with E-state index in [0.29, 0.717) is 10.7 Å². The summed E-state index contributed by atoms with van der Waals surface area (Å²) in [4.78, 5) is 31.0. The van der Waals surface area contributed by atoms with Crippen LogP contribution in [0.1, 0.15) is 24.2 Å². The maximum atomic E-state index is 12.1. The Morgan fingerprint density at radius 3 is 2.89 bits per heavy atom. The Morgan fingerprint density at radius 1 is 1.42 bits per heavy atom. The second-order valence-corrected chi connectivity index (χ2v) is 5.68. The Bertz CT molecular complexity index is 683. The summed E-state index contributed by atoms with van der Waals surface area (Å²) in [5, 5.41) is 1.86. The van der Waals surface area contributed by atoms with Gasteiger partial charge < -0.3 is 4.90 Å². The highest BCUT2D eigenvalue weighted by Crippen LogP contribution is 2.15. The fourth-order valence-electron chi connectivity index (χ4n) is 2.44. The van der Waals surface area contributed by atoms with Crippen LogP contribution < -0.4 is 5.56 Å². The number of aryl methyl sites for hydroxylation is 1. The fourth-order valence-corrected chi connectivity index (χ4v) is 3.38. The third-order valence-corrected chi connectivity index (χ3v) is 4.27. The normalized spacial score (nSPS) is 15.3. The van der Waals surface area contributed by atoms with E-state index in [1.807, 2.05) is 10.3 Å². The first-order chi connectivity index (χ1) is 9.15. The molecule has 6 heteroatoms. The zero-order valence-electron chi connectivity index (χ0n) is 10.8. The largest absolute Gasteiger partial charge is 0.342 e. The van der Waals surface area contributed by atoms with Crippen LogP contribution in [0.25, 0.3) is 4.96 Å². The lowest BCUT2D eigenvalue weighted by atomic mass is 10.3. The Kier molecular flexibility index (Phi) is 3.10. The van der Waals surface area contributed by atoms with Crippen LogP contribution in [0.3, 0.4) is 0 Å². The molecule has 2 aromatic heterocycles. The van der Waals surface area contributed by atoms with Gasteiger partial charge in [0.25, 0.3) is 5.56 Å². The van der Waals surface area contributed by atoms with Crippen molar-refractivity contribution in [3.8, 4) is 0 Å². The molecule has 1 saturated heterocycles. The van der Waals surface area contributed by atoms with Crippen LogP contribution in [-0.2, 0) is 11.2 Å². The molecule has 3 heterocycles. The van der Waals surface area contributed by atoms with E-state index in [0.717, 1.165) is 31.6 Å². The molecule has 0 saturated carbocycles. The van der Waals surface area contributed by atoms with Crippen molar-refractivity contribution < 1.29 is 4.79 Å². The average Bonchev–Trinajstić information content (AvgIpc) is 2.98. The first-order valence-corrected chi connectivity index (χ1v) is 7.27. The van der Waals surface area contributed by atoms with E-state index in [9.17, 15) is 9.59 Å². The number of carbonyl (C=O) groups is 1. The number of aromatic nitrogens is 2. The zero-order valence-corrected chi connectivity index (χ0v) is 11.6. The van der Waals surface area contributed by atoms with Crippen molar-refractivity contribution in [3.05, 3.63) is 33.2 Å². The van der Waals surface area contributed by atoms with E-state index in [4.69, 9.17) is 0 Å². The van der Waals surface area contributed by atoms with Crippen molar-refractivity contribution in [2.24, 2.45) is 0 Å². The summed E-state index contributed by atoms with van der Waals surface area (Å²) < 4.78 is 1.55. The van der Waals surface area contributed by atoms with E-state index in [1.54, 1.807) is 11.3 Å². The summed E-state index contributed by atoms with van der Waals surface area (Å²) in [7, 11) is 0. The van der Waals surface area contributed by atoms with Crippen LogP contribution in [-0.4, -0.2) is 33.3 Å². The van der Waals surface area contributed by atoms with E-state index in [1.165, 1.54) is 17.4 Å². The third-order valence-electron chi connectivity index (χ3n) is 3.39. The number of carbonyl (C=O) groups excluding carboxylic acids is 1. The molecule has 0 atom stereocenters. The van der Waals surface area contributed by atoms with Gasteiger partial charge in [-0.15, -0.1) is 11.3 Å². The molecule has 1 amide bonds. The van der Waals surface area contributed by atoms with Gasteiger partial charge >= 0.3 is 0 Å². The maximum absolute atomic E-state index is 12.1. The van der Waals surface area contributed by atoms with E-state index in [-0.39, 0.29) is 17.9 Å². The molecule has 0 unspecified atom stereocenters. The molecular weight excluding hydrogens is 262 g/mol. The fraction of sp³-hybridized carbons (Fsp3) is 0.462. The van der Waals surface area contributed by atoms with E-state index < -0.39 is 0 Å². The molecule has 5 nitrogen and oxygen atoms in total. The third kappa shape index (κ3) is 2.28. The molecule has 1 aliphatic heterocycles. The van der Waals surface area contributed by atoms with Crippen molar-refractivity contribution in [2.45, 2.75) is 26.2 Å². The van der Waals surface area contributed by atoms with Gasteiger partial charge in [0.1, 0.15) is 0 Å². The highest BCUT2D eigenvalue weighted by molar-refractivity contribution is 7.15. The Morgan fingerprint density at radius 2 is 2.16 bits per heavy atom. The predicted molar refractivity (Wildman–Crippen MR) is 73.6 cm³/mol. The number of hydrogen-bond donors (Lipinski definition) is 0. The van der Waals surface area contributed by atoms with Gasteiger partial charge in [0.2, 0.25) is 5.91 Å². The molecule has 0 spiro atoms. The SMILES string of the molecule is Cc1cc(=O)n2c(CC(=O)N3CCCC3)csc2n1. The van der Waals surface area contributed by atoms with Gasteiger partial charge in [-0.3, -0.25) is 14.0 Å². The molecule has 0 aromatic carbocycles. The number of amides is 1. The molecule has 2 aromatic rings. The van der Waals surface area contributed by atoms with Crippen LogP contribution >= 0.6 is 11.3 Å². The lowest BCUT2D eigenvalue weighted by Gasteiger charge is -2.14. The lowest BCUT2D eigenvalue weighted by molar-refractivity contribution is -0.129. The van der Waals surface area contributed by atoms with Crippen LogP contribution in [0.4, 0.5) is 0 Å². The zero-order chi connectivity index (χ0) is 13.4. The summed E-state index contributed by atoms with van der Waals surface area (Å²) in [5.74, 6) is 0.102. The summed E-state index contributed by atoms with van der Waals surface area (Å²) >= 11 is 1.41. The van der Waals surface area contributed by atoms with Crippen molar-refractivity contribution in [1.82, 2.24) is 14.3 Å². The molecule has 0 aliphatic carbocycles. The molecule has 1 fully saturated rings. The summed E-state index contributed by atoms with van der Waals surface area (Å²) in [5.41, 5.74) is 1.35. The van der Waals surface area contributed by atoms with Crippen LogP contribution in [0, 0.1) is 6.92 Å². The smallest absolute Gasteiger partial charge is 0.258 e. The molecular formula is C13H15N3O2S. The minimum Gasteiger partial charge on any atom is -0.342 e. The number of hydrogen-bond acceptors (Lipinski definition) is 4. The molecule has 1 aliphatic rings. The van der Waals surface area contributed by atoms with Crippen molar-refractivity contribution >= 4 is 22.2 Å². The van der Waals surface area contributed by atoms with Gasteiger partial charge in [0, 0.05) is 35.9 Å². The van der Waals surface area contributed by atoms with Crippen LogP contribution in [0.5, 0.6) is 0 Å². The average molecular weight is 277 g/mol. The topological polar surface area (TPSA) is 54.7 Å². The number of rotatable bonds is 2. The monoisotopic (exact) mass is 277 g/mol. The molecule has 3 rings (SSSR count). The van der Waals surface area contributed by atoms with E-state index in [2.05, 4.69) is 4.98 Å². The van der Waals surface area contributed by atoms with Crippen molar-refractivity contribution in [1.29, 1.82) is 0 Å². The number of thiazole rings is 1. The van der Waals surface area contributed by atoms with Gasteiger partial charge in [-0.05, 0) is 19.8 Å². The van der Waals surface area contributed by atoms with Gasteiger partial charge in [0.05, 0.1) is 6.42 Å². The summed E-state index contributed by atoms with van der Waals surface area (Å²) in [6, 6.07) is 1.50. The standard InChI is InChI=1S/C13H15N3O2S/c1-9-6-12(18)16-10(8-19-13(16)14-9)7-11(17)15-4-2-3-5-15/h6,8H,2-5,7H2,1H3. The minimum absolute atomic E-state index is 0.102. The van der Waals surface area contributed by atoms with Crippen molar-refractivity contribution in [3.63, 3.8) is 0 Å². The highest BCUT2D eigenvalue weighted by atomic mass is 32.1. The van der Waals surface area contributed by atoms with Crippen LogP contribution in [0.2, 0.25) is 0 Å². The summed E-state index contributed by atoms with van der Waals surface area (Å²) in [6.07, 6.45) is 2.44. The number of nitrogens with zero attached hydrogens (tertiary/aromatic N) is 3. The second-order valence-electron chi connectivity index (χ2n) is 4.85. The van der Waals surface area contributed by atoms with Crippen molar-refractivity contribution in [2.75, 3.05) is 13.1 Å². The highest BCUT2D eigenvalue weighted by Gasteiger charge is 2.20. The van der Waals surface area contributed by atoms with Gasteiger partial charge in [0.15, 0.2) is 4.96 Å². The van der Waals surface area contributed by atoms with Gasteiger partial charge in [-0.1, -0.05) is 0 Å². The lowest BCUT2D eigenvalue weighted by Crippen LogP contribution is -2.30. The Labute approximate surface area is 114 Å². The maximum Gasteiger partial charge on any atom is 0.258 e. The molecule has 19 heavy (non-hydrogen) atoms. The van der Waals surface area contributed by atoms with E-state index >= 15 is 0 Å². The molecule has 0 radical (unpaired) electrons. The number of fused-ring (bicyclic) bond motifs is 1. The first-order valence-electron chi connectivity index (χ1n) is 6.40. The number of likely N-dealkylation sites (tertiary alicyclic amines) is 1. The quantitative estimate of drug-likeness (QED) is 0.829. The second kappa shape index (κ2) is 4.77. The molecule has 0 N–H and O–H groups in total. The van der Waals surface area contributed by atoms with Crippen LogP contribution in [0.15, 0.2) is 16.2 Å². The minimum atomic E-state index is -0.104. The predicted octanol–water partition coefficient (Wildman–Crippen LogP) is 1.23. The molecule has 100 valence electrons. The summed E-state index contributed by atoms with van der Waals surface area (Å²) in [6.45, 7) is 3.48.